The number of aryl methyl sites for hydroxylation is 1. The van der Waals surface area contributed by atoms with Gasteiger partial charge in [0.25, 0.3) is 0 Å². The van der Waals surface area contributed by atoms with Crippen molar-refractivity contribution in [3.8, 4) is 0 Å². The van der Waals surface area contributed by atoms with Crippen LogP contribution in [0.2, 0.25) is 0 Å². The van der Waals surface area contributed by atoms with Crippen molar-refractivity contribution in [2.24, 2.45) is 17.8 Å². The average Bonchev–Trinajstić information content (AvgIpc) is 2.84. The summed E-state index contributed by atoms with van der Waals surface area (Å²) >= 11 is 0. The lowest BCUT2D eigenvalue weighted by Crippen LogP contribution is -2.31. The van der Waals surface area contributed by atoms with Gasteiger partial charge in [0.05, 0.1) is 11.8 Å². The second kappa shape index (κ2) is 3.80. The summed E-state index contributed by atoms with van der Waals surface area (Å²) in [6.07, 6.45) is 4.62. The SMILES string of the molecule is Cc1cc(N2C(=O)[C@@H]3[C@H](CC=C[C@@H]3C)C2=O)no1. The van der Waals surface area contributed by atoms with Gasteiger partial charge in [-0.05, 0) is 19.3 Å². The number of carbonyl (C=O) groups is 2. The van der Waals surface area contributed by atoms with Crippen molar-refractivity contribution < 1.29 is 14.1 Å². The minimum absolute atomic E-state index is 0.0956. The third-order valence-corrected chi connectivity index (χ3v) is 3.72. The molecule has 0 bridgehead atoms. The van der Waals surface area contributed by atoms with E-state index in [1.165, 1.54) is 4.90 Å². The molecule has 2 heterocycles. The van der Waals surface area contributed by atoms with Crippen LogP contribution in [-0.4, -0.2) is 17.0 Å². The Labute approximate surface area is 104 Å². The lowest BCUT2D eigenvalue weighted by molar-refractivity contribution is -0.122. The summed E-state index contributed by atoms with van der Waals surface area (Å²) in [6, 6.07) is 1.62. The van der Waals surface area contributed by atoms with Crippen LogP contribution >= 0.6 is 0 Å². The van der Waals surface area contributed by atoms with Crippen LogP contribution in [0.25, 0.3) is 0 Å². The molecule has 0 N–H and O–H groups in total. The number of nitrogens with zero attached hydrogens (tertiary/aromatic N) is 2. The summed E-state index contributed by atoms with van der Waals surface area (Å²) in [5.74, 6) is 0.188. The molecule has 2 amide bonds. The van der Waals surface area contributed by atoms with Crippen molar-refractivity contribution in [1.29, 1.82) is 0 Å². The minimum Gasteiger partial charge on any atom is -0.360 e. The minimum atomic E-state index is -0.250. The predicted octanol–water partition coefficient (Wildman–Crippen LogP) is 1.68. The highest BCUT2D eigenvalue weighted by molar-refractivity contribution is 6.21. The van der Waals surface area contributed by atoms with Gasteiger partial charge in [0.15, 0.2) is 5.82 Å². The Balaban J connectivity index is 1.99. The molecule has 1 fully saturated rings. The molecule has 1 saturated heterocycles. The maximum atomic E-state index is 12.4. The maximum Gasteiger partial charge on any atom is 0.239 e. The van der Waals surface area contributed by atoms with Crippen molar-refractivity contribution >= 4 is 17.6 Å². The van der Waals surface area contributed by atoms with E-state index in [0.29, 0.717) is 18.0 Å². The van der Waals surface area contributed by atoms with Gasteiger partial charge in [-0.2, -0.15) is 0 Å². The smallest absolute Gasteiger partial charge is 0.239 e. The normalized spacial score (nSPS) is 31.0. The number of amides is 2. The molecule has 0 aromatic carbocycles. The van der Waals surface area contributed by atoms with Gasteiger partial charge in [-0.25, -0.2) is 4.90 Å². The molecule has 0 radical (unpaired) electrons. The maximum absolute atomic E-state index is 12.4. The molecule has 3 atom stereocenters. The fraction of sp³-hybridized carbons (Fsp3) is 0.462. The zero-order valence-corrected chi connectivity index (χ0v) is 10.3. The van der Waals surface area contributed by atoms with E-state index in [4.69, 9.17) is 4.52 Å². The second-order valence-corrected chi connectivity index (χ2v) is 4.96. The lowest BCUT2D eigenvalue weighted by atomic mass is 9.78. The Morgan fingerprint density at radius 3 is 2.78 bits per heavy atom. The number of fused-ring (bicyclic) bond motifs is 1. The van der Waals surface area contributed by atoms with Gasteiger partial charge in [-0.1, -0.05) is 24.2 Å². The first-order valence-electron chi connectivity index (χ1n) is 6.07. The van der Waals surface area contributed by atoms with E-state index in [2.05, 4.69) is 5.16 Å². The van der Waals surface area contributed by atoms with Crippen molar-refractivity contribution in [2.75, 3.05) is 4.90 Å². The topological polar surface area (TPSA) is 63.4 Å². The fourth-order valence-electron chi connectivity index (χ4n) is 2.83. The summed E-state index contributed by atoms with van der Waals surface area (Å²) in [7, 11) is 0. The van der Waals surface area contributed by atoms with Crippen LogP contribution in [0, 0.1) is 24.7 Å². The van der Waals surface area contributed by atoms with Crippen LogP contribution in [-0.2, 0) is 9.59 Å². The zero-order chi connectivity index (χ0) is 12.9. The summed E-state index contributed by atoms with van der Waals surface area (Å²) in [6.45, 7) is 3.70. The van der Waals surface area contributed by atoms with E-state index in [9.17, 15) is 9.59 Å². The van der Waals surface area contributed by atoms with Crippen LogP contribution in [0.5, 0.6) is 0 Å². The Morgan fingerprint density at radius 1 is 1.39 bits per heavy atom. The second-order valence-electron chi connectivity index (χ2n) is 4.96. The van der Waals surface area contributed by atoms with Gasteiger partial charge in [-0.3, -0.25) is 9.59 Å². The van der Waals surface area contributed by atoms with Gasteiger partial charge in [0, 0.05) is 6.07 Å². The molecule has 1 aromatic heterocycles. The number of hydrogen-bond donors (Lipinski definition) is 0. The molecular weight excluding hydrogens is 232 g/mol. The van der Waals surface area contributed by atoms with Crippen molar-refractivity contribution in [3.63, 3.8) is 0 Å². The Hall–Kier alpha value is -1.91. The van der Waals surface area contributed by atoms with E-state index in [-0.39, 0.29) is 29.6 Å². The van der Waals surface area contributed by atoms with E-state index in [1.54, 1.807) is 13.0 Å². The summed E-state index contributed by atoms with van der Waals surface area (Å²) < 4.78 is 4.94. The summed E-state index contributed by atoms with van der Waals surface area (Å²) in [5, 5.41) is 3.77. The molecule has 3 rings (SSSR count). The molecule has 94 valence electrons. The molecular formula is C13H14N2O3. The molecule has 1 aliphatic heterocycles. The molecule has 5 nitrogen and oxygen atoms in total. The number of allylic oxidation sites excluding steroid dienone is 2. The monoisotopic (exact) mass is 246 g/mol. The molecule has 1 aromatic rings. The third kappa shape index (κ3) is 1.43. The highest BCUT2D eigenvalue weighted by Gasteiger charge is 2.51. The number of anilines is 1. The first-order valence-corrected chi connectivity index (χ1v) is 6.07. The number of hydrogen-bond acceptors (Lipinski definition) is 4. The first-order chi connectivity index (χ1) is 8.59. The first kappa shape index (κ1) is 11.2. The van der Waals surface area contributed by atoms with Crippen LogP contribution in [0.15, 0.2) is 22.7 Å². The molecule has 0 spiro atoms. The lowest BCUT2D eigenvalue weighted by Gasteiger charge is -2.22. The van der Waals surface area contributed by atoms with Crippen molar-refractivity contribution in [1.82, 2.24) is 5.16 Å². The van der Waals surface area contributed by atoms with E-state index in [1.807, 2.05) is 19.1 Å². The fourth-order valence-corrected chi connectivity index (χ4v) is 2.83. The molecule has 2 aliphatic rings. The molecule has 0 unspecified atom stereocenters. The Kier molecular flexibility index (Phi) is 2.36. The van der Waals surface area contributed by atoms with Gasteiger partial charge < -0.3 is 4.52 Å². The Bertz CT molecular complexity index is 546. The molecule has 18 heavy (non-hydrogen) atoms. The summed E-state index contributed by atoms with van der Waals surface area (Å²) in [5.41, 5.74) is 0. The summed E-state index contributed by atoms with van der Waals surface area (Å²) in [4.78, 5) is 25.8. The van der Waals surface area contributed by atoms with E-state index < -0.39 is 0 Å². The predicted molar refractivity (Wildman–Crippen MR) is 63.6 cm³/mol. The number of aromatic nitrogens is 1. The standard InChI is InChI=1S/C13H14N2O3/c1-7-4-3-5-9-11(7)13(17)15(12(9)16)10-6-8(2)18-14-10/h3-4,6-7,9,11H,5H2,1-2H3/t7-,9-,11-/m0/s1. The Morgan fingerprint density at radius 2 is 2.17 bits per heavy atom. The van der Waals surface area contributed by atoms with Crippen LogP contribution in [0.4, 0.5) is 5.82 Å². The van der Waals surface area contributed by atoms with Gasteiger partial charge >= 0.3 is 0 Å². The van der Waals surface area contributed by atoms with E-state index >= 15 is 0 Å². The zero-order valence-electron chi connectivity index (χ0n) is 10.3. The highest BCUT2D eigenvalue weighted by atomic mass is 16.5. The van der Waals surface area contributed by atoms with E-state index in [0.717, 1.165) is 0 Å². The molecule has 5 heteroatoms. The number of rotatable bonds is 1. The highest BCUT2D eigenvalue weighted by Crippen LogP contribution is 2.40. The van der Waals surface area contributed by atoms with Gasteiger partial charge in [0.1, 0.15) is 5.76 Å². The van der Waals surface area contributed by atoms with Crippen LogP contribution in [0.3, 0.4) is 0 Å². The molecule has 0 saturated carbocycles. The van der Waals surface area contributed by atoms with Crippen LogP contribution in [0.1, 0.15) is 19.1 Å². The largest absolute Gasteiger partial charge is 0.360 e. The number of carbonyl (C=O) groups excluding carboxylic acids is 2. The third-order valence-electron chi connectivity index (χ3n) is 3.72. The molecule has 1 aliphatic carbocycles. The number of imide groups is 1. The average molecular weight is 246 g/mol. The van der Waals surface area contributed by atoms with Gasteiger partial charge in [0.2, 0.25) is 11.8 Å². The quantitative estimate of drug-likeness (QED) is 0.558. The van der Waals surface area contributed by atoms with Crippen LogP contribution < -0.4 is 4.90 Å². The van der Waals surface area contributed by atoms with Crippen molar-refractivity contribution in [2.45, 2.75) is 20.3 Å². The van der Waals surface area contributed by atoms with Gasteiger partial charge in [-0.15, -0.1) is 0 Å². The van der Waals surface area contributed by atoms with Crippen molar-refractivity contribution in [3.05, 3.63) is 24.0 Å².